The maximum atomic E-state index is 12.0. The first-order valence-electron chi connectivity index (χ1n) is 7.11. The van der Waals surface area contributed by atoms with E-state index in [0.29, 0.717) is 19.8 Å². The monoisotopic (exact) mass is 266 g/mol. The van der Waals surface area contributed by atoms with Gasteiger partial charge in [0.2, 0.25) is 0 Å². The van der Waals surface area contributed by atoms with E-state index in [-0.39, 0.29) is 17.1 Å². The lowest BCUT2D eigenvalue weighted by molar-refractivity contribution is -0.182. The normalized spacial score (nSPS) is 37.3. The van der Waals surface area contributed by atoms with Crippen molar-refractivity contribution in [3.8, 4) is 0 Å². The molecule has 0 N–H and O–H groups in total. The minimum absolute atomic E-state index is 0.0165. The number of rotatable bonds is 2. The van der Waals surface area contributed by atoms with E-state index >= 15 is 0 Å². The van der Waals surface area contributed by atoms with Crippen LogP contribution in [-0.2, 0) is 19.0 Å². The van der Waals surface area contributed by atoms with Crippen molar-refractivity contribution in [2.75, 3.05) is 26.9 Å². The maximum Gasteiger partial charge on any atom is 0.172 e. The van der Waals surface area contributed by atoms with Crippen LogP contribution in [0.15, 0.2) is 11.6 Å². The smallest absolute Gasteiger partial charge is 0.172 e. The van der Waals surface area contributed by atoms with Crippen molar-refractivity contribution in [3.63, 3.8) is 0 Å². The molecule has 0 unspecified atom stereocenters. The second kappa shape index (κ2) is 4.69. The van der Waals surface area contributed by atoms with Crippen molar-refractivity contribution in [3.05, 3.63) is 11.6 Å². The van der Waals surface area contributed by atoms with E-state index in [9.17, 15) is 4.79 Å². The zero-order valence-electron chi connectivity index (χ0n) is 11.7. The molecule has 0 bridgehead atoms. The van der Waals surface area contributed by atoms with Gasteiger partial charge in [0, 0.05) is 31.3 Å². The van der Waals surface area contributed by atoms with E-state index in [0.717, 1.165) is 25.7 Å². The molecule has 4 heteroatoms. The van der Waals surface area contributed by atoms with Crippen LogP contribution in [-0.4, -0.2) is 38.5 Å². The Morgan fingerprint density at radius 3 is 2.79 bits per heavy atom. The van der Waals surface area contributed by atoms with Crippen molar-refractivity contribution in [1.29, 1.82) is 0 Å². The standard InChI is InChI=1S/C15H22O4/c1-11-8-14(10-17-2)3-4-15(18-5-6-19-15)9-12(14)7-13(11)16/h7,11H,3-6,8-10H2,1-2H3/t11-,14+/m1/s1. The van der Waals surface area contributed by atoms with Crippen molar-refractivity contribution in [2.24, 2.45) is 11.3 Å². The Labute approximate surface area is 114 Å². The molecule has 1 aliphatic heterocycles. The van der Waals surface area contributed by atoms with Gasteiger partial charge in [-0.2, -0.15) is 0 Å². The fourth-order valence-electron chi connectivity index (χ4n) is 3.84. The molecule has 0 aromatic rings. The molecule has 19 heavy (non-hydrogen) atoms. The number of fused-ring (bicyclic) bond motifs is 1. The number of hydrogen-bond donors (Lipinski definition) is 0. The van der Waals surface area contributed by atoms with Crippen LogP contribution < -0.4 is 0 Å². The van der Waals surface area contributed by atoms with Crippen molar-refractivity contribution < 1.29 is 19.0 Å². The highest BCUT2D eigenvalue weighted by Crippen LogP contribution is 2.53. The van der Waals surface area contributed by atoms with Crippen LogP contribution in [0, 0.1) is 11.3 Å². The predicted molar refractivity (Wildman–Crippen MR) is 69.7 cm³/mol. The number of hydrogen-bond acceptors (Lipinski definition) is 4. The average Bonchev–Trinajstić information content (AvgIpc) is 2.82. The van der Waals surface area contributed by atoms with Crippen molar-refractivity contribution >= 4 is 5.78 Å². The molecule has 1 saturated heterocycles. The van der Waals surface area contributed by atoms with Gasteiger partial charge in [-0.05, 0) is 18.9 Å². The van der Waals surface area contributed by atoms with E-state index in [2.05, 4.69) is 0 Å². The van der Waals surface area contributed by atoms with Crippen LogP contribution in [0.2, 0.25) is 0 Å². The Morgan fingerprint density at radius 2 is 2.11 bits per heavy atom. The van der Waals surface area contributed by atoms with Crippen molar-refractivity contribution in [1.82, 2.24) is 0 Å². The van der Waals surface area contributed by atoms with Gasteiger partial charge in [0.05, 0.1) is 19.8 Å². The summed E-state index contributed by atoms with van der Waals surface area (Å²) in [5.74, 6) is -0.139. The molecule has 1 saturated carbocycles. The Bertz CT molecular complexity index is 408. The first-order valence-corrected chi connectivity index (χ1v) is 7.11. The summed E-state index contributed by atoms with van der Waals surface area (Å²) < 4.78 is 17.0. The Morgan fingerprint density at radius 1 is 1.37 bits per heavy atom. The third kappa shape index (κ3) is 2.16. The summed E-state index contributed by atoms with van der Waals surface area (Å²) in [6.07, 6.45) is 5.31. The van der Waals surface area contributed by atoms with E-state index in [4.69, 9.17) is 14.2 Å². The first kappa shape index (κ1) is 13.3. The lowest BCUT2D eigenvalue weighted by Gasteiger charge is -2.48. The van der Waals surface area contributed by atoms with E-state index in [1.54, 1.807) is 7.11 Å². The minimum atomic E-state index is -0.468. The molecule has 1 spiro atoms. The SMILES string of the molecule is COC[C@@]12CCC3(CC1=CC(=O)[C@H](C)C2)OCCO3. The summed E-state index contributed by atoms with van der Waals surface area (Å²) in [5, 5.41) is 0. The molecule has 1 heterocycles. The van der Waals surface area contributed by atoms with Crippen molar-refractivity contribution in [2.45, 2.75) is 38.4 Å². The molecule has 0 radical (unpaired) electrons. The molecule has 3 aliphatic rings. The van der Waals surface area contributed by atoms with E-state index in [1.807, 2.05) is 13.0 Å². The summed E-state index contributed by atoms with van der Waals surface area (Å²) in [4.78, 5) is 12.0. The number of allylic oxidation sites excluding steroid dienone is 1. The second-order valence-corrected chi connectivity index (χ2v) is 6.17. The molecule has 0 aromatic heterocycles. The van der Waals surface area contributed by atoms with Crippen LogP contribution in [0.25, 0.3) is 0 Å². The topological polar surface area (TPSA) is 44.8 Å². The van der Waals surface area contributed by atoms with Gasteiger partial charge in [0.25, 0.3) is 0 Å². The van der Waals surface area contributed by atoms with Gasteiger partial charge >= 0.3 is 0 Å². The highest BCUT2D eigenvalue weighted by Gasteiger charge is 2.51. The summed E-state index contributed by atoms with van der Waals surface area (Å²) in [6.45, 7) is 4.02. The maximum absolute atomic E-state index is 12.0. The Kier molecular flexibility index (Phi) is 3.28. The Balaban J connectivity index is 1.91. The van der Waals surface area contributed by atoms with Crippen LogP contribution in [0.5, 0.6) is 0 Å². The molecule has 2 atom stereocenters. The Hall–Kier alpha value is -0.710. The fraction of sp³-hybridized carbons (Fsp3) is 0.800. The summed E-state index contributed by atoms with van der Waals surface area (Å²) in [5.41, 5.74) is 1.19. The average molecular weight is 266 g/mol. The summed E-state index contributed by atoms with van der Waals surface area (Å²) in [6, 6.07) is 0. The molecule has 4 nitrogen and oxygen atoms in total. The van der Waals surface area contributed by atoms with Gasteiger partial charge in [0.15, 0.2) is 11.6 Å². The predicted octanol–water partition coefficient (Wildman–Crippen LogP) is 2.08. The number of methoxy groups -OCH3 is 1. The van der Waals surface area contributed by atoms with Gasteiger partial charge in [-0.25, -0.2) is 0 Å². The van der Waals surface area contributed by atoms with Crippen LogP contribution >= 0.6 is 0 Å². The largest absolute Gasteiger partial charge is 0.384 e. The fourth-order valence-corrected chi connectivity index (χ4v) is 3.84. The molecule has 0 amide bonds. The molecular formula is C15H22O4. The third-order valence-electron chi connectivity index (χ3n) is 4.86. The lowest BCUT2D eigenvalue weighted by atomic mass is 9.61. The zero-order chi connectivity index (χ0) is 13.5. The molecular weight excluding hydrogens is 244 g/mol. The molecule has 3 rings (SSSR count). The molecule has 0 aromatic carbocycles. The van der Waals surface area contributed by atoms with Gasteiger partial charge < -0.3 is 14.2 Å². The second-order valence-electron chi connectivity index (χ2n) is 6.17. The van der Waals surface area contributed by atoms with E-state index < -0.39 is 5.79 Å². The third-order valence-corrected chi connectivity index (χ3v) is 4.86. The number of ketones is 1. The molecule has 2 aliphatic carbocycles. The van der Waals surface area contributed by atoms with Crippen LogP contribution in [0.3, 0.4) is 0 Å². The first-order chi connectivity index (χ1) is 9.09. The summed E-state index contributed by atoms with van der Waals surface area (Å²) >= 11 is 0. The summed E-state index contributed by atoms with van der Waals surface area (Å²) in [7, 11) is 1.74. The number of carbonyl (C=O) groups excluding carboxylic acids is 1. The highest BCUT2D eigenvalue weighted by atomic mass is 16.7. The van der Waals surface area contributed by atoms with E-state index in [1.165, 1.54) is 5.57 Å². The zero-order valence-corrected chi connectivity index (χ0v) is 11.7. The minimum Gasteiger partial charge on any atom is -0.384 e. The quantitative estimate of drug-likeness (QED) is 0.767. The number of carbonyl (C=O) groups is 1. The molecule has 106 valence electrons. The van der Waals surface area contributed by atoms with Gasteiger partial charge in [-0.3, -0.25) is 4.79 Å². The number of ether oxygens (including phenoxy) is 3. The van der Waals surface area contributed by atoms with Gasteiger partial charge in [0.1, 0.15) is 0 Å². The van der Waals surface area contributed by atoms with Crippen LogP contribution in [0.1, 0.15) is 32.6 Å². The lowest BCUT2D eigenvalue weighted by Crippen LogP contribution is -2.47. The van der Waals surface area contributed by atoms with Gasteiger partial charge in [-0.15, -0.1) is 0 Å². The highest BCUT2D eigenvalue weighted by molar-refractivity contribution is 5.93. The molecule has 2 fully saturated rings. The van der Waals surface area contributed by atoms with Gasteiger partial charge in [-0.1, -0.05) is 12.5 Å². The van der Waals surface area contributed by atoms with Crippen LogP contribution in [0.4, 0.5) is 0 Å².